The molecule has 0 bridgehead atoms. The number of nitrogens with zero attached hydrogens (tertiary/aromatic N) is 1. The van der Waals surface area contributed by atoms with E-state index in [2.05, 4.69) is 6.92 Å². The molecule has 4 nitrogen and oxygen atoms in total. The van der Waals surface area contributed by atoms with E-state index in [0.717, 1.165) is 51.7 Å². The number of hydrogen-bond acceptors (Lipinski definition) is 3. The molecule has 1 aliphatic heterocycles. The summed E-state index contributed by atoms with van der Waals surface area (Å²) in [5, 5.41) is 0. The summed E-state index contributed by atoms with van der Waals surface area (Å²) in [7, 11) is 0. The van der Waals surface area contributed by atoms with Crippen molar-refractivity contribution in [2.24, 2.45) is 5.73 Å². The van der Waals surface area contributed by atoms with E-state index in [4.69, 9.17) is 10.5 Å². The van der Waals surface area contributed by atoms with Crippen molar-refractivity contribution in [3.8, 4) is 0 Å². The summed E-state index contributed by atoms with van der Waals surface area (Å²) in [4.78, 5) is 13.9. The molecule has 0 radical (unpaired) electrons. The maximum Gasteiger partial charge on any atom is 0.222 e. The quantitative estimate of drug-likeness (QED) is 0.689. The Hall–Kier alpha value is -0.610. The summed E-state index contributed by atoms with van der Waals surface area (Å²) in [5.74, 6) is 0.291. The molecule has 1 aliphatic rings. The van der Waals surface area contributed by atoms with Crippen LogP contribution in [0.4, 0.5) is 0 Å². The predicted molar refractivity (Wildman–Crippen MR) is 68.8 cm³/mol. The zero-order valence-corrected chi connectivity index (χ0v) is 11.0. The van der Waals surface area contributed by atoms with Gasteiger partial charge in [0.05, 0.1) is 12.7 Å². The van der Waals surface area contributed by atoms with E-state index in [9.17, 15) is 4.79 Å². The molecule has 1 saturated heterocycles. The second-order valence-electron chi connectivity index (χ2n) is 4.69. The van der Waals surface area contributed by atoms with Crippen molar-refractivity contribution in [3.05, 3.63) is 0 Å². The fraction of sp³-hybridized carbons (Fsp3) is 0.923. The SMILES string of the molecule is CCC1CN(C(=O)CCCCCCN)CCO1. The Labute approximate surface area is 104 Å². The van der Waals surface area contributed by atoms with E-state index in [-0.39, 0.29) is 6.10 Å². The molecule has 1 amide bonds. The molecule has 0 aromatic carbocycles. The fourth-order valence-corrected chi connectivity index (χ4v) is 2.13. The van der Waals surface area contributed by atoms with Crippen LogP contribution in [0.2, 0.25) is 0 Å². The van der Waals surface area contributed by atoms with Crippen LogP contribution in [0.15, 0.2) is 0 Å². The van der Waals surface area contributed by atoms with Crippen LogP contribution in [0.3, 0.4) is 0 Å². The van der Waals surface area contributed by atoms with Crippen molar-refractivity contribution in [1.82, 2.24) is 4.90 Å². The third-order valence-electron chi connectivity index (χ3n) is 3.29. The normalized spacial score (nSPS) is 20.6. The van der Waals surface area contributed by atoms with E-state index in [1.54, 1.807) is 0 Å². The fourth-order valence-electron chi connectivity index (χ4n) is 2.13. The summed E-state index contributed by atoms with van der Waals surface area (Å²) >= 11 is 0. The maximum atomic E-state index is 11.9. The van der Waals surface area contributed by atoms with E-state index < -0.39 is 0 Å². The van der Waals surface area contributed by atoms with E-state index in [1.165, 1.54) is 0 Å². The summed E-state index contributed by atoms with van der Waals surface area (Å²) in [6, 6.07) is 0. The Morgan fingerprint density at radius 1 is 1.35 bits per heavy atom. The maximum absolute atomic E-state index is 11.9. The molecule has 4 heteroatoms. The first-order valence-electron chi connectivity index (χ1n) is 6.87. The number of morpholine rings is 1. The second-order valence-corrected chi connectivity index (χ2v) is 4.69. The van der Waals surface area contributed by atoms with Gasteiger partial charge in [0.2, 0.25) is 5.91 Å². The lowest BCUT2D eigenvalue weighted by Gasteiger charge is -2.32. The molecule has 0 spiro atoms. The van der Waals surface area contributed by atoms with Gasteiger partial charge < -0.3 is 15.4 Å². The second kappa shape index (κ2) is 8.48. The van der Waals surface area contributed by atoms with Gasteiger partial charge in [-0.25, -0.2) is 0 Å². The molecule has 2 N–H and O–H groups in total. The van der Waals surface area contributed by atoms with Crippen LogP contribution in [0.25, 0.3) is 0 Å². The molecule has 0 aliphatic carbocycles. The number of carbonyl (C=O) groups is 1. The van der Waals surface area contributed by atoms with Gasteiger partial charge in [-0.15, -0.1) is 0 Å². The molecule has 17 heavy (non-hydrogen) atoms. The van der Waals surface area contributed by atoms with Crippen LogP contribution >= 0.6 is 0 Å². The van der Waals surface area contributed by atoms with Crippen LogP contribution in [0.1, 0.15) is 45.4 Å². The third kappa shape index (κ3) is 5.50. The number of hydrogen-bond donors (Lipinski definition) is 1. The van der Waals surface area contributed by atoms with Crippen molar-refractivity contribution >= 4 is 5.91 Å². The third-order valence-corrected chi connectivity index (χ3v) is 3.29. The number of unbranched alkanes of at least 4 members (excludes halogenated alkanes) is 3. The molecule has 1 fully saturated rings. The predicted octanol–water partition coefficient (Wildman–Crippen LogP) is 1.53. The van der Waals surface area contributed by atoms with Crippen LogP contribution in [0, 0.1) is 0 Å². The first-order valence-corrected chi connectivity index (χ1v) is 6.87. The molecule has 1 heterocycles. The van der Waals surface area contributed by atoms with E-state index >= 15 is 0 Å². The van der Waals surface area contributed by atoms with Crippen molar-refractivity contribution in [1.29, 1.82) is 0 Å². The largest absolute Gasteiger partial charge is 0.375 e. The highest BCUT2D eigenvalue weighted by molar-refractivity contribution is 5.76. The summed E-state index contributed by atoms with van der Waals surface area (Å²) < 4.78 is 5.56. The van der Waals surface area contributed by atoms with Crippen LogP contribution in [-0.2, 0) is 9.53 Å². The van der Waals surface area contributed by atoms with Gasteiger partial charge in [0.25, 0.3) is 0 Å². The van der Waals surface area contributed by atoms with Gasteiger partial charge in [-0.2, -0.15) is 0 Å². The van der Waals surface area contributed by atoms with Gasteiger partial charge in [0.15, 0.2) is 0 Å². The highest BCUT2D eigenvalue weighted by atomic mass is 16.5. The molecular formula is C13H26N2O2. The minimum absolute atomic E-state index is 0.241. The number of rotatable bonds is 7. The zero-order chi connectivity index (χ0) is 12.5. The number of carbonyl (C=O) groups excluding carboxylic acids is 1. The highest BCUT2D eigenvalue weighted by Crippen LogP contribution is 2.11. The molecule has 0 aromatic rings. The molecule has 0 saturated carbocycles. The average Bonchev–Trinajstić information content (AvgIpc) is 2.38. The van der Waals surface area contributed by atoms with Gasteiger partial charge in [0.1, 0.15) is 0 Å². The molecule has 1 atom stereocenters. The Bertz CT molecular complexity index is 221. The summed E-state index contributed by atoms with van der Waals surface area (Å²) in [6.45, 7) is 5.09. The minimum Gasteiger partial charge on any atom is -0.375 e. The molecule has 100 valence electrons. The van der Waals surface area contributed by atoms with Crippen molar-refractivity contribution in [3.63, 3.8) is 0 Å². The lowest BCUT2D eigenvalue weighted by molar-refractivity contribution is -0.138. The highest BCUT2D eigenvalue weighted by Gasteiger charge is 2.22. The lowest BCUT2D eigenvalue weighted by Crippen LogP contribution is -2.45. The minimum atomic E-state index is 0.241. The Balaban J connectivity index is 2.14. The first-order chi connectivity index (χ1) is 8.27. The monoisotopic (exact) mass is 242 g/mol. The molecule has 1 unspecified atom stereocenters. The Kier molecular flexibility index (Phi) is 7.21. The van der Waals surface area contributed by atoms with Gasteiger partial charge in [0, 0.05) is 19.5 Å². The average molecular weight is 242 g/mol. The Morgan fingerprint density at radius 3 is 2.82 bits per heavy atom. The smallest absolute Gasteiger partial charge is 0.222 e. The van der Waals surface area contributed by atoms with Crippen molar-refractivity contribution in [2.45, 2.75) is 51.6 Å². The van der Waals surface area contributed by atoms with E-state index in [0.29, 0.717) is 18.9 Å². The summed E-state index contributed by atoms with van der Waals surface area (Å²) in [5.41, 5.74) is 5.43. The van der Waals surface area contributed by atoms with Gasteiger partial charge in [-0.1, -0.05) is 19.8 Å². The van der Waals surface area contributed by atoms with E-state index in [1.807, 2.05) is 4.90 Å². The van der Waals surface area contributed by atoms with Crippen LogP contribution < -0.4 is 5.73 Å². The number of ether oxygens (including phenoxy) is 1. The molecule has 0 aromatic heterocycles. The van der Waals surface area contributed by atoms with Crippen molar-refractivity contribution < 1.29 is 9.53 Å². The topological polar surface area (TPSA) is 55.6 Å². The van der Waals surface area contributed by atoms with Gasteiger partial charge in [-0.05, 0) is 25.8 Å². The van der Waals surface area contributed by atoms with Crippen LogP contribution in [0.5, 0.6) is 0 Å². The van der Waals surface area contributed by atoms with Crippen LogP contribution in [-0.4, -0.2) is 43.2 Å². The van der Waals surface area contributed by atoms with Gasteiger partial charge >= 0.3 is 0 Å². The summed E-state index contributed by atoms with van der Waals surface area (Å²) in [6.07, 6.45) is 6.23. The Morgan fingerprint density at radius 2 is 2.12 bits per heavy atom. The lowest BCUT2D eigenvalue weighted by atomic mass is 10.1. The molecular weight excluding hydrogens is 216 g/mol. The number of amides is 1. The van der Waals surface area contributed by atoms with Crippen molar-refractivity contribution in [2.75, 3.05) is 26.2 Å². The zero-order valence-electron chi connectivity index (χ0n) is 11.0. The molecule has 1 rings (SSSR count). The first kappa shape index (κ1) is 14.5. The van der Waals surface area contributed by atoms with Gasteiger partial charge in [-0.3, -0.25) is 4.79 Å². The number of nitrogens with two attached hydrogens (primary N) is 1. The standard InChI is InChI=1S/C13H26N2O2/c1-2-12-11-15(9-10-17-12)13(16)7-5-3-4-6-8-14/h12H,2-11,14H2,1H3.